The number of nitrogens with one attached hydrogen (secondary N) is 1. The summed E-state index contributed by atoms with van der Waals surface area (Å²) >= 11 is 0. The Labute approximate surface area is 88.7 Å². The monoisotopic (exact) mass is 206 g/mol. The summed E-state index contributed by atoms with van der Waals surface area (Å²) in [6.07, 6.45) is 3.09. The van der Waals surface area contributed by atoms with Gasteiger partial charge in [0.2, 0.25) is 5.91 Å². The average Bonchev–Trinajstić information content (AvgIpc) is 2.26. The molecule has 0 aliphatic rings. The zero-order chi connectivity index (χ0) is 11.3. The fraction of sp³-hybridized carbons (Fsp3) is 0.182. The number of carbonyl (C=O) groups excluding carboxylic acids is 1. The van der Waals surface area contributed by atoms with Crippen LogP contribution in [0.5, 0.6) is 5.75 Å². The van der Waals surface area contributed by atoms with E-state index in [4.69, 9.17) is 10.5 Å². The highest BCUT2D eigenvalue weighted by atomic mass is 16.5. The Hall–Kier alpha value is -1.97. The van der Waals surface area contributed by atoms with Crippen LogP contribution in [0.1, 0.15) is 5.56 Å². The highest BCUT2D eigenvalue weighted by molar-refractivity contribution is 5.92. The van der Waals surface area contributed by atoms with Gasteiger partial charge in [-0.2, -0.15) is 0 Å². The largest absolute Gasteiger partial charge is 0.496 e. The standard InChI is InChI=1S/C11H14N2O2/c1-13-11(14)6-3-8-7-9(12)4-5-10(8)15-2/h3-7H,12H2,1-2H3,(H,13,14)/b6-3+. The molecule has 0 fully saturated rings. The first-order chi connectivity index (χ1) is 7.17. The van der Waals surface area contributed by atoms with E-state index in [1.54, 1.807) is 38.4 Å². The number of anilines is 1. The van der Waals surface area contributed by atoms with Crippen LogP contribution < -0.4 is 15.8 Å². The van der Waals surface area contributed by atoms with E-state index in [-0.39, 0.29) is 5.91 Å². The normalized spacial score (nSPS) is 10.3. The lowest BCUT2D eigenvalue weighted by atomic mass is 10.1. The molecule has 15 heavy (non-hydrogen) atoms. The smallest absolute Gasteiger partial charge is 0.243 e. The van der Waals surface area contributed by atoms with Crippen LogP contribution in [0.4, 0.5) is 5.69 Å². The molecule has 1 aromatic rings. The van der Waals surface area contributed by atoms with Gasteiger partial charge in [0, 0.05) is 24.4 Å². The van der Waals surface area contributed by atoms with Crippen LogP contribution in [0.25, 0.3) is 6.08 Å². The van der Waals surface area contributed by atoms with Crippen LogP contribution in [-0.2, 0) is 4.79 Å². The summed E-state index contributed by atoms with van der Waals surface area (Å²) in [6, 6.07) is 5.26. The van der Waals surface area contributed by atoms with Crippen molar-refractivity contribution in [3.63, 3.8) is 0 Å². The third-order valence-electron chi connectivity index (χ3n) is 1.91. The second-order valence-electron chi connectivity index (χ2n) is 2.95. The van der Waals surface area contributed by atoms with Gasteiger partial charge in [0.15, 0.2) is 0 Å². The van der Waals surface area contributed by atoms with E-state index in [1.165, 1.54) is 6.08 Å². The van der Waals surface area contributed by atoms with Crippen molar-refractivity contribution in [2.24, 2.45) is 0 Å². The van der Waals surface area contributed by atoms with Gasteiger partial charge >= 0.3 is 0 Å². The number of methoxy groups -OCH3 is 1. The number of hydrogen-bond acceptors (Lipinski definition) is 3. The first-order valence-electron chi connectivity index (χ1n) is 4.50. The van der Waals surface area contributed by atoms with Crippen molar-refractivity contribution < 1.29 is 9.53 Å². The van der Waals surface area contributed by atoms with Gasteiger partial charge < -0.3 is 15.8 Å². The van der Waals surface area contributed by atoms with E-state index in [0.717, 1.165) is 5.56 Å². The molecule has 0 radical (unpaired) electrons. The molecule has 1 amide bonds. The number of benzene rings is 1. The first-order valence-corrected chi connectivity index (χ1v) is 4.50. The quantitative estimate of drug-likeness (QED) is 0.573. The fourth-order valence-corrected chi connectivity index (χ4v) is 1.13. The van der Waals surface area contributed by atoms with E-state index >= 15 is 0 Å². The molecule has 1 aromatic carbocycles. The van der Waals surface area contributed by atoms with Crippen molar-refractivity contribution >= 4 is 17.7 Å². The predicted octanol–water partition coefficient (Wildman–Crippen LogP) is 1.04. The van der Waals surface area contributed by atoms with Gasteiger partial charge in [-0.3, -0.25) is 4.79 Å². The Kier molecular flexibility index (Phi) is 3.74. The molecular weight excluding hydrogens is 192 g/mol. The maximum atomic E-state index is 11.0. The highest BCUT2D eigenvalue weighted by Crippen LogP contribution is 2.22. The molecule has 0 aliphatic heterocycles. The molecule has 0 unspecified atom stereocenters. The number of nitrogens with two attached hydrogens (primary N) is 1. The Morgan fingerprint density at radius 3 is 2.87 bits per heavy atom. The minimum atomic E-state index is -0.167. The molecule has 0 aromatic heterocycles. The lowest BCUT2D eigenvalue weighted by molar-refractivity contribution is -0.115. The van der Waals surface area contributed by atoms with Gasteiger partial charge in [0.1, 0.15) is 5.75 Å². The number of amides is 1. The molecule has 0 atom stereocenters. The van der Waals surface area contributed by atoms with E-state index in [9.17, 15) is 4.79 Å². The van der Waals surface area contributed by atoms with Crippen molar-refractivity contribution in [1.29, 1.82) is 0 Å². The van der Waals surface area contributed by atoms with Crippen LogP contribution in [0.15, 0.2) is 24.3 Å². The van der Waals surface area contributed by atoms with Crippen LogP contribution in [-0.4, -0.2) is 20.1 Å². The van der Waals surface area contributed by atoms with E-state index in [0.29, 0.717) is 11.4 Å². The molecule has 0 spiro atoms. The molecule has 1 rings (SSSR count). The van der Waals surface area contributed by atoms with Gasteiger partial charge in [0.05, 0.1) is 7.11 Å². The number of nitrogen functional groups attached to an aromatic ring is 1. The molecular formula is C11H14N2O2. The lowest BCUT2D eigenvalue weighted by Crippen LogP contribution is -2.13. The third-order valence-corrected chi connectivity index (χ3v) is 1.91. The molecule has 0 saturated heterocycles. The summed E-state index contributed by atoms with van der Waals surface area (Å²) in [5.41, 5.74) is 7.04. The number of rotatable bonds is 3. The summed E-state index contributed by atoms with van der Waals surface area (Å²) in [5.74, 6) is 0.517. The van der Waals surface area contributed by atoms with Gasteiger partial charge in [-0.25, -0.2) is 0 Å². The summed E-state index contributed by atoms with van der Waals surface area (Å²) in [7, 11) is 3.14. The summed E-state index contributed by atoms with van der Waals surface area (Å²) in [4.78, 5) is 11.0. The highest BCUT2D eigenvalue weighted by Gasteiger charge is 2.00. The van der Waals surface area contributed by atoms with Crippen molar-refractivity contribution in [2.75, 3.05) is 19.9 Å². The van der Waals surface area contributed by atoms with Crippen LogP contribution in [0, 0.1) is 0 Å². The number of likely N-dealkylation sites (N-methyl/N-ethyl adjacent to an activating group) is 1. The second kappa shape index (κ2) is 5.05. The predicted molar refractivity (Wildman–Crippen MR) is 60.5 cm³/mol. The topological polar surface area (TPSA) is 64.4 Å². The second-order valence-corrected chi connectivity index (χ2v) is 2.95. The molecule has 4 heteroatoms. The summed E-state index contributed by atoms with van der Waals surface area (Å²) in [6.45, 7) is 0. The lowest BCUT2D eigenvalue weighted by Gasteiger charge is -2.05. The fourth-order valence-electron chi connectivity index (χ4n) is 1.13. The summed E-state index contributed by atoms with van der Waals surface area (Å²) < 4.78 is 5.13. The van der Waals surface area contributed by atoms with Gasteiger partial charge in [-0.1, -0.05) is 0 Å². The van der Waals surface area contributed by atoms with Gasteiger partial charge in [0.25, 0.3) is 0 Å². The van der Waals surface area contributed by atoms with E-state index in [2.05, 4.69) is 5.32 Å². The van der Waals surface area contributed by atoms with Crippen molar-refractivity contribution in [3.05, 3.63) is 29.8 Å². The SMILES string of the molecule is CNC(=O)/C=C/c1cc(N)ccc1OC. The van der Waals surface area contributed by atoms with E-state index in [1.807, 2.05) is 0 Å². The molecule has 80 valence electrons. The zero-order valence-electron chi connectivity index (χ0n) is 8.78. The zero-order valence-corrected chi connectivity index (χ0v) is 8.78. The minimum absolute atomic E-state index is 0.167. The van der Waals surface area contributed by atoms with Crippen LogP contribution >= 0.6 is 0 Å². The Bertz CT molecular complexity index is 386. The van der Waals surface area contributed by atoms with Gasteiger partial charge in [-0.05, 0) is 24.3 Å². The van der Waals surface area contributed by atoms with Crippen molar-refractivity contribution in [2.45, 2.75) is 0 Å². The number of ether oxygens (including phenoxy) is 1. The van der Waals surface area contributed by atoms with Gasteiger partial charge in [-0.15, -0.1) is 0 Å². The first kappa shape index (κ1) is 11.1. The molecule has 0 bridgehead atoms. The summed E-state index contributed by atoms with van der Waals surface area (Å²) in [5, 5.41) is 2.49. The number of hydrogen-bond donors (Lipinski definition) is 2. The molecule has 0 heterocycles. The molecule has 4 nitrogen and oxygen atoms in total. The minimum Gasteiger partial charge on any atom is -0.496 e. The molecule has 0 aliphatic carbocycles. The Balaban J connectivity index is 2.96. The van der Waals surface area contributed by atoms with Crippen LogP contribution in [0.3, 0.4) is 0 Å². The van der Waals surface area contributed by atoms with Crippen LogP contribution in [0.2, 0.25) is 0 Å². The van der Waals surface area contributed by atoms with Crippen molar-refractivity contribution in [3.8, 4) is 5.75 Å². The average molecular weight is 206 g/mol. The molecule has 0 saturated carbocycles. The maximum Gasteiger partial charge on any atom is 0.243 e. The maximum absolute atomic E-state index is 11.0. The Morgan fingerprint density at radius 2 is 2.27 bits per heavy atom. The Morgan fingerprint density at radius 1 is 1.53 bits per heavy atom. The van der Waals surface area contributed by atoms with Crippen molar-refractivity contribution in [1.82, 2.24) is 5.32 Å². The molecule has 3 N–H and O–H groups in total. The third kappa shape index (κ3) is 3.02. The number of carbonyl (C=O) groups is 1. The van der Waals surface area contributed by atoms with E-state index < -0.39 is 0 Å².